The molecule has 0 spiro atoms. The fourth-order valence-corrected chi connectivity index (χ4v) is 4.58. The zero-order valence-electron chi connectivity index (χ0n) is 14.5. The van der Waals surface area contributed by atoms with Crippen LogP contribution in [0, 0.1) is 29.1 Å². The van der Waals surface area contributed by atoms with Crippen molar-refractivity contribution in [2.24, 2.45) is 17.8 Å². The topological polar surface area (TPSA) is 97.8 Å². The Kier molecular flexibility index (Phi) is 3.17. The Hall–Kier alpha value is -2.82. The largest absolute Gasteiger partial charge is 0.481 e. The van der Waals surface area contributed by atoms with Gasteiger partial charge in [-0.3, -0.25) is 4.79 Å². The van der Waals surface area contributed by atoms with Gasteiger partial charge in [0.1, 0.15) is 23.3 Å². The first-order chi connectivity index (χ1) is 12.6. The first-order valence-electron chi connectivity index (χ1n) is 9.09. The van der Waals surface area contributed by atoms with E-state index in [0.717, 1.165) is 37.7 Å². The van der Waals surface area contributed by atoms with Crippen molar-refractivity contribution in [3.05, 3.63) is 17.8 Å². The van der Waals surface area contributed by atoms with Crippen LogP contribution in [0.25, 0.3) is 5.65 Å². The molecule has 2 saturated heterocycles. The van der Waals surface area contributed by atoms with E-state index in [2.05, 4.69) is 34.0 Å². The number of aromatic nitrogens is 3. The molecule has 4 heterocycles. The molecule has 0 amide bonds. The molecular weight excluding hydrogens is 332 g/mol. The maximum Gasteiger partial charge on any atom is 0.303 e. The molecule has 5 rings (SSSR count). The number of nitriles is 1. The molecule has 4 atom stereocenters. The van der Waals surface area contributed by atoms with E-state index in [9.17, 15) is 10.1 Å². The number of piperidine rings is 1. The van der Waals surface area contributed by atoms with E-state index >= 15 is 0 Å². The van der Waals surface area contributed by atoms with Crippen molar-refractivity contribution in [3.8, 4) is 6.07 Å². The summed E-state index contributed by atoms with van der Waals surface area (Å²) < 4.78 is 1.75. The highest BCUT2D eigenvalue weighted by Crippen LogP contribution is 2.54. The van der Waals surface area contributed by atoms with Crippen LogP contribution in [0.15, 0.2) is 12.3 Å². The summed E-state index contributed by atoms with van der Waals surface area (Å²) in [6.45, 7) is 4.85. The highest BCUT2D eigenvalue weighted by atomic mass is 16.4. The average Bonchev–Trinajstić information content (AvgIpc) is 2.99. The van der Waals surface area contributed by atoms with Crippen molar-refractivity contribution in [2.45, 2.75) is 25.8 Å². The summed E-state index contributed by atoms with van der Waals surface area (Å²) in [5.74, 6) is 2.35. The molecular formula is C18H20N6O2. The van der Waals surface area contributed by atoms with Gasteiger partial charge in [0.05, 0.1) is 6.20 Å². The fourth-order valence-electron chi connectivity index (χ4n) is 4.58. The van der Waals surface area contributed by atoms with Gasteiger partial charge in [-0.2, -0.15) is 14.9 Å². The SMILES string of the molecule is C[C@H]1CCN1c1cc(N2C[C@@H]3[C@@H](CC(=O)O)[C@@H]3C2)n2ncc(C#N)c2n1. The quantitative estimate of drug-likeness (QED) is 0.887. The van der Waals surface area contributed by atoms with Crippen LogP contribution in [0.2, 0.25) is 0 Å². The van der Waals surface area contributed by atoms with Crippen LogP contribution in [0.4, 0.5) is 11.6 Å². The van der Waals surface area contributed by atoms with E-state index in [1.54, 1.807) is 10.7 Å². The summed E-state index contributed by atoms with van der Waals surface area (Å²) in [6.07, 6.45) is 2.99. The van der Waals surface area contributed by atoms with E-state index in [1.165, 1.54) is 0 Å². The van der Waals surface area contributed by atoms with Gasteiger partial charge in [-0.1, -0.05) is 0 Å². The number of aliphatic carboxylic acids is 1. The number of carboxylic acid groups (broad SMARTS) is 1. The Morgan fingerprint density at radius 1 is 1.42 bits per heavy atom. The first kappa shape index (κ1) is 15.4. The third-order valence-corrected chi connectivity index (χ3v) is 6.28. The Morgan fingerprint density at radius 2 is 2.19 bits per heavy atom. The summed E-state index contributed by atoms with van der Waals surface area (Å²) in [7, 11) is 0. The van der Waals surface area contributed by atoms with Crippen LogP contribution < -0.4 is 9.80 Å². The number of hydrogen-bond acceptors (Lipinski definition) is 6. The number of carbonyl (C=O) groups is 1. The molecule has 8 nitrogen and oxygen atoms in total. The van der Waals surface area contributed by atoms with Crippen LogP contribution in [-0.4, -0.2) is 51.4 Å². The molecule has 2 aliphatic heterocycles. The lowest BCUT2D eigenvalue weighted by molar-refractivity contribution is -0.137. The van der Waals surface area contributed by atoms with Crippen molar-refractivity contribution < 1.29 is 9.90 Å². The standard InChI is InChI=1S/C18H20N6O2/c1-10-2-3-23(10)15-5-16(24-18(21-15)11(6-19)7-20-24)22-8-13-12(4-17(25)26)14(13)9-22/h5,7,10,12-14H,2-4,8-9H2,1H3,(H,25,26)/t10-,12-,13-,14+/m0/s1. The maximum absolute atomic E-state index is 11.0. The molecule has 3 fully saturated rings. The molecule has 2 aromatic rings. The smallest absolute Gasteiger partial charge is 0.303 e. The number of rotatable bonds is 4. The van der Waals surface area contributed by atoms with Gasteiger partial charge in [-0.05, 0) is 31.1 Å². The summed E-state index contributed by atoms with van der Waals surface area (Å²) in [5, 5.41) is 22.8. The Labute approximate surface area is 150 Å². The first-order valence-corrected chi connectivity index (χ1v) is 9.09. The Bertz CT molecular complexity index is 935. The van der Waals surface area contributed by atoms with E-state index in [-0.39, 0.29) is 6.42 Å². The van der Waals surface area contributed by atoms with Gasteiger partial charge in [0.25, 0.3) is 0 Å². The molecule has 8 heteroatoms. The third kappa shape index (κ3) is 2.16. The minimum atomic E-state index is -0.706. The number of carboxylic acids is 1. The molecule has 1 saturated carbocycles. The molecule has 0 unspecified atom stereocenters. The Morgan fingerprint density at radius 3 is 2.77 bits per heavy atom. The lowest BCUT2D eigenvalue weighted by Crippen LogP contribution is -2.46. The molecule has 0 aromatic carbocycles. The minimum absolute atomic E-state index is 0.270. The molecule has 1 aliphatic carbocycles. The molecule has 26 heavy (non-hydrogen) atoms. The van der Waals surface area contributed by atoms with Crippen LogP contribution in [0.5, 0.6) is 0 Å². The van der Waals surface area contributed by atoms with Crippen LogP contribution in [-0.2, 0) is 4.79 Å². The number of hydrogen-bond donors (Lipinski definition) is 1. The van der Waals surface area contributed by atoms with E-state index in [4.69, 9.17) is 10.1 Å². The second-order valence-electron chi connectivity index (χ2n) is 7.70. The maximum atomic E-state index is 11.0. The number of anilines is 2. The third-order valence-electron chi connectivity index (χ3n) is 6.28. The van der Waals surface area contributed by atoms with Crippen LogP contribution >= 0.6 is 0 Å². The second-order valence-corrected chi connectivity index (χ2v) is 7.70. The summed E-state index contributed by atoms with van der Waals surface area (Å²) in [6, 6.07) is 4.70. The fraction of sp³-hybridized carbons (Fsp3) is 0.556. The predicted octanol–water partition coefficient (Wildman–Crippen LogP) is 1.36. The second kappa shape index (κ2) is 5.34. The van der Waals surface area contributed by atoms with E-state index in [1.807, 2.05) is 0 Å². The van der Waals surface area contributed by atoms with Crippen molar-refractivity contribution >= 4 is 23.3 Å². The molecule has 3 aliphatic rings. The number of nitrogens with zero attached hydrogens (tertiary/aromatic N) is 6. The monoisotopic (exact) mass is 352 g/mol. The average molecular weight is 352 g/mol. The van der Waals surface area contributed by atoms with Crippen LogP contribution in [0.3, 0.4) is 0 Å². The zero-order valence-corrected chi connectivity index (χ0v) is 14.5. The molecule has 0 radical (unpaired) electrons. The van der Waals surface area contributed by atoms with Crippen molar-refractivity contribution in [1.82, 2.24) is 14.6 Å². The molecule has 134 valence electrons. The highest BCUT2D eigenvalue weighted by Gasteiger charge is 2.56. The van der Waals surface area contributed by atoms with Gasteiger partial charge in [0.15, 0.2) is 5.65 Å². The van der Waals surface area contributed by atoms with Gasteiger partial charge >= 0.3 is 5.97 Å². The minimum Gasteiger partial charge on any atom is -0.481 e. The number of fused-ring (bicyclic) bond motifs is 2. The van der Waals surface area contributed by atoms with E-state index < -0.39 is 5.97 Å². The Balaban J connectivity index is 1.49. The highest BCUT2D eigenvalue weighted by molar-refractivity contribution is 5.68. The van der Waals surface area contributed by atoms with Gasteiger partial charge < -0.3 is 14.9 Å². The lowest BCUT2D eigenvalue weighted by atomic mass is 10.1. The van der Waals surface area contributed by atoms with Gasteiger partial charge in [-0.15, -0.1) is 0 Å². The molecule has 0 bridgehead atoms. The summed E-state index contributed by atoms with van der Waals surface area (Å²) in [5.41, 5.74) is 1.08. The predicted molar refractivity (Wildman–Crippen MR) is 94.1 cm³/mol. The van der Waals surface area contributed by atoms with Crippen LogP contribution in [0.1, 0.15) is 25.3 Å². The summed E-state index contributed by atoms with van der Waals surface area (Å²) >= 11 is 0. The van der Waals surface area contributed by atoms with Crippen molar-refractivity contribution in [1.29, 1.82) is 5.26 Å². The van der Waals surface area contributed by atoms with Gasteiger partial charge in [0, 0.05) is 38.2 Å². The lowest BCUT2D eigenvalue weighted by Gasteiger charge is -2.40. The van der Waals surface area contributed by atoms with Crippen molar-refractivity contribution in [2.75, 3.05) is 29.4 Å². The molecule has 2 aromatic heterocycles. The van der Waals surface area contributed by atoms with Crippen molar-refractivity contribution in [3.63, 3.8) is 0 Å². The summed E-state index contributed by atoms with van der Waals surface area (Å²) in [4.78, 5) is 20.2. The van der Waals surface area contributed by atoms with Gasteiger partial charge in [-0.25, -0.2) is 4.98 Å². The van der Waals surface area contributed by atoms with E-state index in [0.29, 0.717) is 35.0 Å². The zero-order chi connectivity index (χ0) is 18.0. The normalized spacial score (nSPS) is 29.4. The van der Waals surface area contributed by atoms with Gasteiger partial charge in [0.2, 0.25) is 0 Å². The molecule has 1 N–H and O–H groups in total.